The summed E-state index contributed by atoms with van der Waals surface area (Å²) in [4.78, 5) is 0. The van der Waals surface area contributed by atoms with Gasteiger partial charge in [0.2, 0.25) is 5.16 Å². The number of methoxy groups -OCH3 is 1. The minimum absolute atomic E-state index is 0. The van der Waals surface area contributed by atoms with Gasteiger partial charge < -0.3 is 14.8 Å². The van der Waals surface area contributed by atoms with Crippen LogP contribution in [0.25, 0.3) is 0 Å². The van der Waals surface area contributed by atoms with Crippen LogP contribution in [0.1, 0.15) is 17.5 Å². The van der Waals surface area contributed by atoms with Crippen LogP contribution in [-0.4, -0.2) is 39.6 Å². The van der Waals surface area contributed by atoms with Gasteiger partial charge in [-0.2, -0.15) is 0 Å². The molecule has 0 unspecified atom stereocenters. The van der Waals surface area contributed by atoms with E-state index in [-0.39, 0.29) is 24.8 Å². The van der Waals surface area contributed by atoms with Crippen molar-refractivity contribution in [2.45, 2.75) is 24.7 Å². The second-order valence-corrected chi connectivity index (χ2v) is 7.92. The van der Waals surface area contributed by atoms with Crippen LogP contribution in [0.2, 0.25) is 5.02 Å². The molecule has 0 aliphatic carbocycles. The van der Waals surface area contributed by atoms with Gasteiger partial charge in [0.15, 0.2) is 11.5 Å². The van der Waals surface area contributed by atoms with Crippen molar-refractivity contribution in [1.82, 2.24) is 25.5 Å². The molecule has 0 atom stereocenters. The fraction of sp³-hybridized carbons (Fsp3) is 0.350. The number of hydrogen-bond acceptors (Lipinski definition) is 7. The number of tetrazole rings is 1. The van der Waals surface area contributed by atoms with E-state index < -0.39 is 0 Å². The fourth-order valence-electron chi connectivity index (χ4n) is 2.72. The maximum absolute atomic E-state index is 13.8. The summed E-state index contributed by atoms with van der Waals surface area (Å²) in [7, 11) is 3.37. The molecule has 0 radical (unpaired) electrons. The molecule has 2 aromatic carbocycles. The third-order valence-corrected chi connectivity index (χ3v) is 5.64. The Morgan fingerprint density at radius 2 is 2.06 bits per heavy atom. The molecule has 0 amide bonds. The van der Waals surface area contributed by atoms with Crippen LogP contribution in [0.5, 0.6) is 11.5 Å². The number of ether oxygens (including phenoxy) is 2. The van der Waals surface area contributed by atoms with Crippen molar-refractivity contribution in [2.75, 3.05) is 19.4 Å². The molecule has 0 saturated carbocycles. The van der Waals surface area contributed by atoms with Crippen molar-refractivity contribution >= 4 is 35.8 Å². The Hall–Kier alpha value is -2.07. The van der Waals surface area contributed by atoms with Gasteiger partial charge >= 0.3 is 0 Å². The van der Waals surface area contributed by atoms with E-state index in [1.54, 1.807) is 41.8 Å². The van der Waals surface area contributed by atoms with Crippen LogP contribution in [0.4, 0.5) is 4.39 Å². The number of aryl methyl sites for hydroxylation is 1. The van der Waals surface area contributed by atoms with E-state index in [1.807, 2.05) is 19.2 Å². The quantitative estimate of drug-likeness (QED) is 0.319. The monoisotopic (exact) mass is 487 g/mol. The van der Waals surface area contributed by atoms with Gasteiger partial charge in [-0.3, -0.25) is 0 Å². The number of nitrogens with one attached hydrogen (secondary N) is 1. The Bertz CT molecular complexity index is 976. The number of hydrogen-bond donors (Lipinski definition) is 1. The normalized spacial score (nSPS) is 10.6. The van der Waals surface area contributed by atoms with Crippen LogP contribution < -0.4 is 14.8 Å². The number of nitrogens with zero attached hydrogens (tertiary/aromatic N) is 4. The molecule has 168 valence electrons. The minimum Gasteiger partial charge on any atom is -0.493 e. The predicted molar refractivity (Wildman–Crippen MR) is 122 cm³/mol. The smallest absolute Gasteiger partial charge is 0.209 e. The van der Waals surface area contributed by atoms with E-state index in [9.17, 15) is 4.39 Å². The summed E-state index contributed by atoms with van der Waals surface area (Å²) in [5.41, 5.74) is 1.43. The lowest BCUT2D eigenvalue weighted by atomic mass is 10.2. The summed E-state index contributed by atoms with van der Waals surface area (Å²) in [6.45, 7) is 1.54. The van der Waals surface area contributed by atoms with E-state index in [1.165, 1.54) is 6.07 Å². The van der Waals surface area contributed by atoms with Gasteiger partial charge in [0, 0.05) is 24.9 Å². The molecule has 0 aliphatic heterocycles. The molecule has 3 aromatic rings. The van der Waals surface area contributed by atoms with E-state index in [0.717, 1.165) is 29.4 Å². The number of thioether (sulfide) groups is 1. The molecule has 11 heteroatoms. The molecule has 1 aromatic heterocycles. The van der Waals surface area contributed by atoms with E-state index in [2.05, 4.69) is 20.8 Å². The van der Waals surface area contributed by atoms with Crippen LogP contribution in [0, 0.1) is 5.82 Å². The molecular formula is C20H24Cl2FN5O2S. The van der Waals surface area contributed by atoms with Crippen LogP contribution >= 0.6 is 35.8 Å². The molecule has 1 N–H and O–H groups in total. The van der Waals surface area contributed by atoms with E-state index >= 15 is 0 Å². The van der Waals surface area contributed by atoms with Crippen molar-refractivity contribution in [3.8, 4) is 11.5 Å². The Kier molecular flexibility index (Phi) is 10.3. The highest BCUT2D eigenvalue weighted by Gasteiger charge is 2.13. The maximum atomic E-state index is 13.8. The largest absolute Gasteiger partial charge is 0.493 e. The van der Waals surface area contributed by atoms with Crippen molar-refractivity contribution in [3.63, 3.8) is 0 Å². The van der Waals surface area contributed by atoms with Crippen molar-refractivity contribution in [3.05, 3.63) is 58.4 Å². The topological polar surface area (TPSA) is 74.1 Å². The summed E-state index contributed by atoms with van der Waals surface area (Å²) >= 11 is 8.02. The summed E-state index contributed by atoms with van der Waals surface area (Å²) < 4.78 is 26.6. The number of rotatable bonds is 11. The Balaban J connectivity index is 0.00000341. The highest BCUT2D eigenvalue weighted by molar-refractivity contribution is 7.99. The zero-order valence-electron chi connectivity index (χ0n) is 17.2. The standard InChI is InChI=1S/C20H23ClFN5O2S.ClH/c1-27-20(24-25-26-27)30-9-5-8-23-12-14-10-16(21)19(18(11-14)28-2)29-13-15-6-3-4-7-17(15)22;/h3-4,6-7,10-11,23H,5,8-9,12-13H2,1-2H3;1H. The molecule has 0 saturated heterocycles. The van der Waals surface area contributed by atoms with Crippen molar-refractivity contribution < 1.29 is 13.9 Å². The third kappa shape index (κ3) is 7.24. The molecule has 1 heterocycles. The minimum atomic E-state index is -0.318. The first-order chi connectivity index (χ1) is 14.6. The zero-order chi connectivity index (χ0) is 21.3. The van der Waals surface area contributed by atoms with Crippen molar-refractivity contribution in [2.24, 2.45) is 7.05 Å². The summed E-state index contributed by atoms with van der Waals surface area (Å²) in [6, 6.07) is 10.2. The van der Waals surface area contributed by atoms with Gasteiger partial charge in [0.05, 0.1) is 12.1 Å². The van der Waals surface area contributed by atoms with Gasteiger partial charge in [-0.1, -0.05) is 41.6 Å². The fourth-order valence-corrected chi connectivity index (χ4v) is 3.79. The average Bonchev–Trinajstić information content (AvgIpc) is 3.15. The van der Waals surface area contributed by atoms with E-state index in [4.69, 9.17) is 21.1 Å². The molecule has 0 fully saturated rings. The molecule has 3 rings (SSSR count). The summed E-state index contributed by atoms with van der Waals surface area (Å²) in [6.07, 6.45) is 0.965. The lowest BCUT2D eigenvalue weighted by Gasteiger charge is -2.15. The first-order valence-electron chi connectivity index (χ1n) is 9.37. The zero-order valence-corrected chi connectivity index (χ0v) is 19.6. The SMILES string of the molecule is COc1cc(CNCCCSc2nnnn2C)cc(Cl)c1OCc1ccccc1F.Cl. The Morgan fingerprint density at radius 3 is 2.77 bits per heavy atom. The number of aromatic nitrogens is 4. The Labute approximate surface area is 196 Å². The van der Waals surface area contributed by atoms with E-state index in [0.29, 0.717) is 28.6 Å². The van der Waals surface area contributed by atoms with Gasteiger partial charge in [0.25, 0.3) is 0 Å². The van der Waals surface area contributed by atoms with Gasteiger partial charge in [-0.15, -0.1) is 17.5 Å². The predicted octanol–water partition coefficient (Wildman–Crippen LogP) is 4.28. The molecular weight excluding hydrogens is 464 g/mol. The highest BCUT2D eigenvalue weighted by Crippen LogP contribution is 2.37. The van der Waals surface area contributed by atoms with Crippen LogP contribution in [0.3, 0.4) is 0 Å². The molecule has 7 nitrogen and oxygen atoms in total. The van der Waals surface area contributed by atoms with Crippen LogP contribution in [-0.2, 0) is 20.2 Å². The third-order valence-electron chi connectivity index (χ3n) is 4.26. The lowest BCUT2D eigenvalue weighted by Crippen LogP contribution is -2.15. The first-order valence-corrected chi connectivity index (χ1v) is 10.7. The first kappa shape index (κ1) is 25.2. The summed E-state index contributed by atoms with van der Waals surface area (Å²) in [5, 5.41) is 16.0. The molecule has 0 spiro atoms. The Morgan fingerprint density at radius 1 is 1.26 bits per heavy atom. The molecule has 0 bridgehead atoms. The summed E-state index contributed by atoms with van der Waals surface area (Å²) in [5.74, 6) is 1.51. The number of halogens is 3. The highest BCUT2D eigenvalue weighted by atomic mass is 35.5. The van der Waals surface area contributed by atoms with Gasteiger partial charge in [0.1, 0.15) is 12.4 Å². The molecule has 31 heavy (non-hydrogen) atoms. The second-order valence-electron chi connectivity index (χ2n) is 6.45. The maximum Gasteiger partial charge on any atom is 0.209 e. The average molecular weight is 488 g/mol. The molecule has 0 aliphatic rings. The number of benzene rings is 2. The van der Waals surface area contributed by atoms with Gasteiger partial charge in [-0.05, 0) is 47.2 Å². The van der Waals surface area contributed by atoms with Crippen molar-refractivity contribution in [1.29, 1.82) is 0 Å². The second kappa shape index (κ2) is 12.7. The van der Waals surface area contributed by atoms with Gasteiger partial charge in [-0.25, -0.2) is 9.07 Å². The lowest BCUT2D eigenvalue weighted by molar-refractivity contribution is 0.279. The van der Waals surface area contributed by atoms with Crippen LogP contribution in [0.15, 0.2) is 41.6 Å².